The van der Waals surface area contributed by atoms with Crippen LogP contribution in [0.4, 0.5) is 0 Å². The fourth-order valence-corrected chi connectivity index (χ4v) is 3.45. The van der Waals surface area contributed by atoms with Gasteiger partial charge in [0.15, 0.2) is 0 Å². The highest BCUT2D eigenvalue weighted by Gasteiger charge is 2.38. The number of rotatable bonds is 16. The van der Waals surface area contributed by atoms with E-state index in [4.69, 9.17) is 14.6 Å². The second kappa shape index (κ2) is 16.5. The SMILES string of the molecule is CCCCCCCCCCC/C=C/CCCO[C@@H]1[C@@H](O)[C@H](CO)OC[C@H]1O. The van der Waals surface area contributed by atoms with Crippen molar-refractivity contribution in [1.82, 2.24) is 0 Å². The van der Waals surface area contributed by atoms with Gasteiger partial charge in [0.05, 0.1) is 13.2 Å². The van der Waals surface area contributed by atoms with Crippen molar-refractivity contribution in [3.05, 3.63) is 12.2 Å². The van der Waals surface area contributed by atoms with Gasteiger partial charge in [0.2, 0.25) is 0 Å². The molecule has 0 aliphatic carbocycles. The molecule has 0 spiro atoms. The van der Waals surface area contributed by atoms with E-state index in [0.29, 0.717) is 6.61 Å². The van der Waals surface area contributed by atoms with Crippen molar-refractivity contribution in [2.75, 3.05) is 19.8 Å². The van der Waals surface area contributed by atoms with E-state index >= 15 is 0 Å². The number of hydrogen-bond acceptors (Lipinski definition) is 5. The van der Waals surface area contributed by atoms with Crippen LogP contribution >= 0.6 is 0 Å². The Kier molecular flexibility index (Phi) is 15.0. The molecule has 0 aromatic heterocycles. The van der Waals surface area contributed by atoms with Gasteiger partial charge < -0.3 is 24.8 Å². The van der Waals surface area contributed by atoms with Crippen LogP contribution in [0.25, 0.3) is 0 Å². The highest BCUT2D eigenvalue weighted by Crippen LogP contribution is 2.18. The lowest BCUT2D eigenvalue weighted by molar-refractivity contribution is -0.210. The van der Waals surface area contributed by atoms with Gasteiger partial charge in [0, 0.05) is 6.61 Å². The molecule has 1 fully saturated rings. The first kappa shape index (κ1) is 24.6. The first-order valence-electron chi connectivity index (χ1n) is 11.1. The van der Waals surface area contributed by atoms with E-state index in [0.717, 1.165) is 19.3 Å². The Balaban J connectivity index is 1.93. The monoisotopic (exact) mass is 386 g/mol. The molecule has 1 heterocycles. The van der Waals surface area contributed by atoms with Crippen molar-refractivity contribution in [1.29, 1.82) is 0 Å². The molecule has 0 aromatic carbocycles. The predicted molar refractivity (Wildman–Crippen MR) is 109 cm³/mol. The van der Waals surface area contributed by atoms with E-state index in [1.54, 1.807) is 0 Å². The molecule has 0 radical (unpaired) electrons. The molecule has 3 N–H and O–H groups in total. The average molecular weight is 387 g/mol. The summed E-state index contributed by atoms with van der Waals surface area (Å²) >= 11 is 0. The molecule has 27 heavy (non-hydrogen) atoms. The molecule has 5 nitrogen and oxygen atoms in total. The first-order chi connectivity index (χ1) is 13.2. The van der Waals surface area contributed by atoms with Gasteiger partial charge in [-0.15, -0.1) is 0 Å². The standard InChI is InChI=1S/C22H42O5/c1-2-3-4-5-6-7-8-9-10-11-12-13-14-15-16-26-22-19(24)18-27-20(17-23)21(22)25/h12-13,19-25H,2-11,14-18H2,1H3/b13-12+/t19-,20+,21+,22+/m1/s1. The molecular formula is C22H42O5. The van der Waals surface area contributed by atoms with Gasteiger partial charge in [-0.25, -0.2) is 0 Å². The number of unbranched alkanes of at least 4 members (excludes halogenated alkanes) is 10. The lowest BCUT2D eigenvalue weighted by Gasteiger charge is -2.37. The fraction of sp³-hybridized carbons (Fsp3) is 0.909. The van der Waals surface area contributed by atoms with E-state index in [9.17, 15) is 10.2 Å². The van der Waals surface area contributed by atoms with Crippen molar-refractivity contribution < 1.29 is 24.8 Å². The van der Waals surface area contributed by atoms with E-state index in [-0.39, 0.29) is 13.2 Å². The second-order valence-electron chi connectivity index (χ2n) is 7.68. The van der Waals surface area contributed by atoms with Crippen molar-refractivity contribution in [2.24, 2.45) is 0 Å². The molecule has 0 unspecified atom stereocenters. The van der Waals surface area contributed by atoms with Gasteiger partial charge in [-0.2, -0.15) is 0 Å². The Hall–Kier alpha value is -0.460. The van der Waals surface area contributed by atoms with Crippen LogP contribution in [0.5, 0.6) is 0 Å². The minimum atomic E-state index is -0.985. The third-order valence-corrected chi connectivity index (χ3v) is 5.22. The predicted octanol–water partition coefficient (Wildman–Crippen LogP) is 3.74. The van der Waals surface area contributed by atoms with Crippen LogP contribution in [-0.2, 0) is 9.47 Å². The number of hydrogen-bond donors (Lipinski definition) is 3. The lowest BCUT2D eigenvalue weighted by Crippen LogP contribution is -2.55. The normalized spacial score (nSPS) is 26.1. The van der Waals surface area contributed by atoms with Crippen LogP contribution in [0.1, 0.15) is 84.0 Å². The molecule has 1 rings (SSSR count). The Morgan fingerprint density at radius 3 is 2.11 bits per heavy atom. The molecule has 1 aliphatic heterocycles. The zero-order valence-corrected chi connectivity index (χ0v) is 17.2. The number of allylic oxidation sites excluding steroid dienone is 2. The van der Waals surface area contributed by atoms with Gasteiger partial charge in [-0.05, 0) is 25.7 Å². The minimum Gasteiger partial charge on any atom is -0.394 e. The highest BCUT2D eigenvalue weighted by molar-refractivity contribution is 4.88. The van der Waals surface area contributed by atoms with E-state index in [2.05, 4.69) is 19.1 Å². The van der Waals surface area contributed by atoms with Crippen molar-refractivity contribution in [3.8, 4) is 0 Å². The minimum absolute atomic E-state index is 0.0889. The third kappa shape index (κ3) is 11.2. The van der Waals surface area contributed by atoms with Gasteiger partial charge in [0.25, 0.3) is 0 Å². The second-order valence-corrected chi connectivity index (χ2v) is 7.68. The summed E-state index contributed by atoms with van der Waals surface area (Å²) in [5.41, 5.74) is 0. The van der Waals surface area contributed by atoms with Gasteiger partial charge >= 0.3 is 0 Å². The first-order valence-corrected chi connectivity index (χ1v) is 11.1. The smallest absolute Gasteiger partial charge is 0.114 e. The summed E-state index contributed by atoms with van der Waals surface area (Å²) in [5, 5.41) is 29.0. The van der Waals surface area contributed by atoms with E-state index in [1.807, 2.05) is 0 Å². The van der Waals surface area contributed by atoms with Gasteiger partial charge in [-0.3, -0.25) is 0 Å². The molecule has 160 valence electrons. The van der Waals surface area contributed by atoms with Gasteiger partial charge in [0.1, 0.15) is 24.4 Å². The molecule has 4 atom stereocenters. The molecule has 5 heteroatoms. The summed E-state index contributed by atoms with van der Waals surface area (Å²) in [6, 6.07) is 0. The maximum Gasteiger partial charge on any atom is 0.114 e. The Morgan fingerprint density at radius 1 is 0.889 bits per heavy atom. The van der Waals surface area contributed by atoms with Crippen LogP contribution in [0, 0.1) is 0 Å². The molecular weight excluding hydrogens is 344 g/mol. The average Bonchev–Trinajstić information content (AvgIpc) is 2.67. The number of aliphatic hydroxyl groups is 3. The van der Waals surface area contributed by atoms with Crippen LogP contribution < -0.4 is 0 Å². The quantitative estimate of drug-likeness (QED) is 0.278. The Labute approximate surface area is 165 Å². The van der Waals surface area contributed by atoms with Crippen LogP contribution in [0.3, 0.4) is 0 Å². The molecule has 0 amide bonds. The zero-order chi connectivity index (χ0) is 19.7. The molecule has 0 bridgehead atoms. The van der Waals surface area contributed by atoms with Crippen molar-refractivity contribution >= 4 is 0 Å². The topological polar surface area (TPSA) is 79.2 Å². The van der Waals surface area contributed by atoms with Crippen LogP contribution in [0.2, 0.25) is 0 Å². The zero-order valence-electron chi connectivity index (χ0n) is 17.2. The molecule has 1 saturated heterocycles. The maximum absolute atomic E-state index is 10.0. The number of ether oxygens (including phenoxy) is 2. The summed E-state index contributed by atoms with van der Waals surface area (Å²) in [7, 11) is 0. The van der Waals surface area contributed by atoms with E-state index in [1.165, 1.54) is 57.8 Å². The summed E-state index contributed by atoms with van der Waals surface area (Å²) in [6.45, 7) is 2.56. The van der Waals surface area contributed by atoms with Crippen LogP contribution in [-0.4, -0.2) is 59.6 Å². The lowest BCUT2D eigenvalue weighted by atomic mass is 10.0. The summed E-state index contributed by atoms with van der Waals surface area (Å²) in [5.74, 6) is 0. The van der Waals surface area contributed by atoms with E-state index < -0.39 is 24.4 Å². The number of aliphatic hydroxyl groups excluding tert-OH is 3. The highest BCUT2D eigenvalue weighted by atomic mass is 16.6. The van der Waals surface area contributed by atoms with Crippen LogP contribution in [0.15, 0.2) is 12.2 Å². The Bertz CT molecular complexity index is 361. The van der Waals surface area contributed by atoms with Crippen molar-refractivity contribution in [3.63, 3.8) is 0 Å². The third-order valence-electron chi connectivity index (χ3n) is 5.22. The molecule has 1 aliphatic rings. The summed E-state index contributed by atoms with van der Waals surface area (Å²) in [6.07, 6.45) is 16.4. The summed E-state index contributed by atoms with van der Waals surface area (Å²) in [4.78, 5) is 0. The largest absolute Gasteiger partial charge is 0.394 e. The van der Waals surface area contributed by atoms with Gasteiger partial charge in [-0.1, -0.05) is 70.4 Å². The molecule has 0 aromatic rings. The fourth-order valence-electron chi connectivity index (χ4n) is 3.45. The van der Waals surface area contributed by atoms with Crippen molar-refractivity contribution in [2.45, 2.75) is 108 Å². The summed E-state index contributed by atoms with van der Waals surface area (Å²) < 4.78 is 10.8. The molecule has 0 saturated carbocycles. The Morgan fingerprint density at radius 2 is 1.48 bits per heavy atom. The maximum atomic E-state index is 10.0.